The van der Waals surface area contributed by atoms with Gasteiger partial charge in [-0.1, -0.05) is 41.4 Å². The van der Waals surface area contributed by atoms with E-state index in [1.54, 1.807) is 18.2 Å². The fourth-order valence-electron chi connectivity index (χ4n) is 3.79. The number of rotatable bonds is 4. The van der Waals surface area contributed by atoms with Crippen molar-refractivity contribution in [2.75, 3.05) is 18.4 Å². The van der Waals surface area contributed by atoms with E-state index in [-0.39, 0.29) is 11.8 Å². The minimum absolute atomic E-state index is 0.0149. The summed E-state index contributed by atoms with van der Waals surface area (Å²) in [5, 5.41) is 3.75. The van der Waals surface area contributed by atoms with Gasteiger partial charge in [0.1, 0.15) is 5.82 Å². The van der Waals surface area contributed by atoms with E-state index in [2.05, 4.69) is 20.9 Å². The normalized spacial score (nSPS) is 17.8. The molecule has 28 heavy (non-hydrogen) atoms. The maximum absolute atomic E-state index is 12.8. The fraction of sp³-hybridized carbons (Fsp3) is 0.333. The molecule has 0 radical (unpaired) electrons. The Labute approximate surface area is 174 Å². The number of anilines is 1. The summed E-state index contributed by atoms with van der Waals surface area (Å²) < 4.78 is 2.13. The predicted molar refractivity (Wildman–Crippen MR) is 114 cm³/mol. The number of hydrogen-bond donors (Lipinski definition) is 1. The van der Waals surface area contributed by atoms with E-state index >= 15 is 0 Å². The summed E-state index contributed by atoms with van der Waals surface area (Å²) >= 11 is 12.2. The maximum Gasteiger partial charge on any atom is 0.228 e. The SMILES string of the molecule is Cn1c(CN2CCC[C@H](C(=O)Nc3cccc(Cl)c3Cl)C2)nc2ccccc21. The molecule has 146 valence electrons. The van der Waals surface area contributed by atoms with Crippen LogP contribution in [0.5, 0.6) is 0 Å². The van der Waals surface area contributed by atoms with Crippen molar-refractivity contribution in [2.24, 2.45) is 13.0 Å². The molecule has 3 aromatic rings. The zero-order valence-electron chi connectivity index (χ0n) is 15.7. The van der Waals surface area contributed by atoms with Crippen LogP contribution in [-0.4, -0.2) is 33.4 Å². The molecule has 1 aliphatic rings. The summed E-state index contributed by atoms with van der Waals surface area (Å²) in [5.74, 6) is 0.914. The predicted octanol–water partition coefficient (Wildman–Crippen LogP) is 4.73. The molecule has 4 rings (SSSR count). The molecule has 7 heteroatoms. The lowest BCUT2D eigenvalue weighted by molar-refractivity contribution is -0.121. The summed E-state index contributed by atoms with van der Waals surface area (Å²) in [7, 11) is 2.04. The molecule has 1 N–H and O–H groups in total. The number of aryl methyl sites for hydroxylation is 1. The number of hydrogen-bond acceptors (Lipinski definition) is 3. The first-order chi connectivity index (χ1) is 13.5. The monoisotopic (exact) mass is 416 g/mol. The standard InChI is InChI=1S/C21H22Cl2N4O/c1-26-18-10-3-2-8-16(18)24-19(26)13-27-11-5-6-14(12-27)21(28)25-17-9-4-7-15(22)20(17)23/h2-4,7-10,14H,5-6,11-13H2,1H3,(H,25,28)/t14-/m0/s1. The molecule has 1 aromatic heterocycles. The van der Waals surface area contributed by atoms with Gasteiger partial charge < -0.3 is 9.88 Å². The number of imidazole rings is 1. The van der Waals surface area contributed by atoms with Crippen molar-refractivity contribution < 1.29 is 4.79 Å². The third-order valence-electron chi connectivity index (χ3n) is 5.33. The maximum atomic E-state index is 12.8. The van der Waals surface area contributed by atoms with Gasteiger partial charge in [-0.05, 0) is 43.7 Å². The molecule has 2 heterocycles. The van der Waals surface area contributed by atoms with Crippen LogP contribution in [0.3, 0.4) is 0 Å². The average molecular weight is 417 g/mol. The van der Waals surface area contributed by atoms with Crippen LogP contribution >= 0.6 is 23.2 Å². The molecule has 1 amide bonds. The van der Waals surface area contributed by atoms with E-state index in [1.807, 2.05) is 25.2 Å². The van der Waals surface area contributed by atoms with Gasteiger partial charge in [0.15, 0.2) is 0 Å². The number of fused-ring (bicyclic) bond motifs is 1. The Balaban J connectivity index is 1.44. The number of nitrogens with one attached hydrogen (secondary N) is 1. The highest BCUT2D eigenvalue weighted by atomic mass is 35.5. The minimum Gasteiger partial charge on any atom is -0.330 e. The Morgan fingerprint density at radius 2 is 2.04 bits per heavy atom. The van der Waals surface area contributed by atoms with Crippen molar-refractivity contribution in [3.63, 3.8) is 0 Å². The van der Waals surface area contributed by atoms with Gasteiger partial charge in [0.25, 0.3) is 0 Å². The summed E-state index contributed by atoms with van der Waals surface area (Å²) in [5.41, 5.74) is 2.69. The van der Waals surface area contributed by atoms with E-state index in [0.29, 0.717) is 22.3 Å². The quantitative estimate of drug-likeness (QED) is 0.668. The molecular formula is C21H22Cl2N4O. The van der Waals surface area contributed by atoms with Crippen LogP contribution < -0.4 is 5.32 Å². The first kappa shape index (κ1) is 19.2. The molecule has 0 bridgehead atoms. The Morgan fingerprint density at radius 1 is 1.21 bits per heavy atom. The van der Waals surface area contributed by atoms with Gasteiger partial charge in [-0.15, -0.1) is 0 Å². The Morgan fingerprint density at radius 3 is 2.86 bits per heavy atom. The minimum atomic E-state index is -0.0847. The molecule has 1 aliphatic heterocycles. The number of piperidine rings is 1. The number of amides is 1. The Kier molecular flexibility index (Phi) is 5.58. The van der Waals surface area contributed by atoms with Crippen LogP contribution in [0.4, 0.5) is 5.69 Å². The molecule has 0 aliphatic carbocycles. The third-order valence-corrected chi connectivity index (χ3v) is 6.15. The molecule has 0 unspecified atom stereocenters. The summed E-state index contributed by atoms with van der Waals surface area (Å²) in [6.07, 6.45) is 1.84. The van der Waals surface area contributed by atoms with Gasteiger partial charge in [0.2, 0.25) is 5.91 Å². The smallest absolute Gasteiger partial charge is 0.228 e. The van der Waals surface area contributed by atoms with Crippen molar-refractivity contribution in [1.29, 1.82) is 0 Å². The number of carbonyl (C=O) groups is 1. The molecule has 2 aromatic carbocycles. The Bertz CT molecular complexity index is 1020. The lowest BCUT2D eigenvalue weighted by Crippen LogP contribution is -2.40. The zero-order chi connectivity index (χ0) is 19.7. The third kappa shape index (κ3) is 3.88. The summed E-state index contributed by atoms with van der Waals surface area (Å²) in [6.45, 7) is 2.39. The van der Waals surface area contributed by atoms with E-state index in [4.69, 9.17) is 28.2 Å². The van der Waals surface area contributed by atoms with Crippen LogP contribution in [0.25, 0.3) is 11.0 Å². The lowest BCUT2D eigenvalue weighted by atomic mass is 9.97. The van der Waals surface area contributed by atoms with E-state index in [1.165, 1.54) is 0 Å². The van der Waals surface area contributed by atoms with Gasteiger partial charge in [-0.2, -0.15) is 0 Å². The van der Waals surface area contributed by atoms with Crippen molar-refractivity contribution in [3.05, 3.63) is 58.3 Å². The van der Waals surface area contributed by atoms with Crippen LogP contribution in [0.15, 0.2) is 42.5 Å². The van der Waals surface area contributed by atoms with Crippen molar-refractivity contribution in [1.82, 2.24) is 14.5 Å². The molecule has 0 spiro atoms. The zero-order valence-corrected chi connectivity index (χ0v) is 17.2. The highest BCUT2D eigenvalue weighted by Gasteiger charge is 2.27. The second kappa shape index (κ2) is 8.11. The van der Waals surface area contributed by atoms with E-state index in [0.717, 1.165) is 42.8 Å². The van der Waals surface area contributed by atoms with Crippen LogP contribution in [-0.2, 0) is 18.4 Å². The number of para-hydroxylation sites is 2. The van der Waals surface area contributed by atoms with Gasteiger partial charge in [-0.3, -0.25) is 9.69 Å². The Hall–Kier alpha value is -2.08. The van der Waals surface area contributed by atoms with Crippen LogP contribution in [0.2, 0.25) is 10.0 Å². The highest BCUT2D eigenvalue weighted by Crippen LogP contribution is 2.30. The molecule has 5 nitrogen and oxygen atoms in total. The van der Waals surface area contributed by atoms with Gasteiger partial charge >= 0.3 is 0 Å². The summed E-state index contributed by atoms with van der Waals surface area (Å²) in [4.78, 5) is 19.8. The molecule has 1 saturated heterocycles. The van der Waals surface area contributed by atoms with E-state index in [9.17, 15) is 4.79 Å². The van der Waals surface area contributed by atoms with Gasteiger partial charge in [0.05, 0.1) is 39.2 Å². The first-order valence-corrected chi connectivity index (χ1v) is 10.2. The molecule has 0 saturated carbocycles. The average Bonchev–Trinajstić information content (AvgIpc) is 3.01. The number of nitrogens with zero attached hydrogens (tertiary/aromatic N) is 3. The van der Waals surface area contributed by atoms with Gasteiger partial charge in [0, 0.05) is 13.6 Å². The van der Waals surface area contributed by atoms with Crippen molar-refractivity contribution in [3.8, 4) is 0 Å². The number of carbonyl (C=O) groups excluding carboxylic acids is 1. The summed E-state index contributed by atoms with van der Waals surface area (Å²) in [6, 6.07) is 13.4. The second-order valence-corrected chi connectivity index (χ2v) is 8.03. The number of halogens is 2. The second-order valence-electron chi connectivity index (χ2n) is 7.24. The lowest BCUT2D eigenvalue weighted by Gasteiger charge is -2.31. The van der Waals surface area contributed by atoms with Gasteiger partial charge in [-0.25, -0.2) is 4.98 Å². The molecular weight excluding hydrogens is 395 g/mol. The number of benzene rings is 2. The number of aromatic nitrogens is 2. The van der Waals surface area contributed by atoms with E-state index < -0.39 is 0 Å². The first-order valence-electron chi connectivity index (χ1n) is 9.40. The molecule has 1 atom stereocenters. The van der Waals surface area contributed by atoms with Crippen molar-refractivity contribution >= 4 is 45.8 Å². The topological polar surface area (TPSA) is 50.2 Å². The van der Waals surface area contributed by atoms with Crippen LogP contribution in [0, 0.1) is 5.92 Å². The largest absolute Gasteiger partial charge is 0.330 e. The fourth-order valence-corrected chi connectivity index (χ4v) is 4.13. The number of likely N-dealkylation sites (tertiary alicyclic amines) is 1. The van der Waals surface area contributed by atoms with Crippen LogP contribution in [0.1, 0.15) is 18.7 Å². The van der Waals surface area contributed by atoms with Crippen molar-refractivity contribution in [2.45, 2.75) is 19.4 Å². The molecule has 1 fully saturated rings. The highest BCUT2D eigenvalue weighted by molar-refractivity contribution is 6.44.